The van der Waals surface area contributed by atoms with Crippen LogP contribution in [0.1, 0.15) is 183 Å². The minimum Gasteiger partial charge on any atom is -0.465 e. The van der Waals surface area contributed by atoms with Gasteiger partial charge in [0.15, 0.2) is 0 Å². The van der Waals surface area contributed by atoms with Gasteiger partial charge in [0, 0.05) is 12.8 Å². The molecule has 0 rings (SSSR count). The van der Waals surface area contributed by atoms with Crippen molar-refractivity contribution in [3.63, 3.8) is 0 Å². The highest BCUT2D eigenvalue weighted by Gasteiger charge is 2.21. The molecule has 38 heavy (non-hydrogen) atoms. The van der Waals surface area contributed by atoms with Gasteiger partial charge in [-0.3, -0.25) is 9.59 Å². The SMILES string of the molecule is CCCCCCCCC(C)(C)COC(=O)CCCCCCCCC(=O)OCC(C)(C)CCCCCCCC. The molecule has 0 saturated heterocycles. The van der Waals surface area contributed by atoms with E-state index in [1.165, 1.54) is 77.0 Å². The number of esters is 2. The quantitative estimate of drug-likeness (QED) is 0.0770. The molecule has 4 nitrogen and oxygen atoms in total. The maximum absolute atomic E-state index is 12.1. The maximum atomic E-state index is 12.1. The number of unbranched alkanes of at least 4 members (excludes halogenated alkanes) is 15. The summed E-state index contributed by atoms with van der Waals surface area (Å²) in [6, 6.07) is 0. The summed E-state index contributed by atoms with van der Waals surface area (Å²) in [5.41, 5.74) is 0.149. The van der Waals surface area contributed by atoms with Crippen LogP contribution in [0.15, 0.2) is 0 Å². The molecule has 0 atom stereocenters. The van der Waals surface area contributed by atoms with E-state index in [1.54, 1.807) is 0 Å². The molecule has 0 spiro atoms. The van der Waals surface area contributed by atoms with E-state index in [9.17, 15) is 9.59 Å². The Labute approximate surface area is 237 Å². The van der Waals surface area contributed by atoms with Crippen molar-refractivity contribution in [1.29, 1.82) is 0 Å². The Balaban J connectivity index is 3.65. The van der Waals surface area contributed by atoms with Gasteiger partial charge in [0.25, 0.3) is 0 Å². The standard InChI is InChI=1S/C34H66O4/c1-7-9-11-13-19-23-27-33(3,4)29-37-31(35)25-21-17-15-16-18-22-26-32(36)38-30-34(5,6)28-24-20-14-12-10-8-2/h7-30H2,1-6H3. The molecular formula is C34H66O4. The van der Waals surface area contributed by atoms with Gasteiger partial charge in [-0.05, 0) is 36.5 Å². The Morgan fingerprint density at radius 3 is 1.08 bits per heavy atom. The topological polar surface area (TPSA) is 52.6 Å². The largest absolute Gasteiger partial charge is 0.465 e. The third-order valence-electron chi connectivity index (χ3n) is 7.67. The average Bonchev–Trinajstić information content (AvgIpc) is 2.87. The van der Waals surface area contributed by atoms with Crippen molar-refractivity contribution in [3.8, 4) is 0 Å². The second-order valence-corrected chi connectivity index (χ2v) is 13.3. The highest BCUT2D eigenvalue weighted by molar-refractivity contribution is 5.69. The lowest BCUT2D eigenvalue weighted by Gasteiger charge is -2.24. The molecule has 226 valence electrons. The minimum atomic E-state index is -0.0526. The predicted molar refractivity (Wildman–Crippen MR) is 162 cm³/mol. The molecule has 0 aliphatic rings. The van der Waals surface area contributed by atoms with E-state index in [4.69, 9.17) is 9.47 Å². The normalized spacial score (nSPS) is 12.1. The number of carbonyl (C=O) groups is 2. The number of hydrogen-bond acceptors (Lipinski definition) is 4. The fraction of sp³-hybridized carbons (Fsp3) is 0.941. The van der Waals surface area contributed by atoms with Crippen molar-refractivity contribution in [2.24, 2.45) is 10.8 Å². The molecule has 0 fully saturated rings. The van der Waals surface area contributed by atoms with Gasteiger partial charge in [-0.2, -0.15) is 0 Å². The van der Waals surface area contributed by atoms with Gasteiger partial charge >= 0.3 is 11.9 Å². The van der Waals surface area contributed by atoms with Crippen LogP contribution in [0.4, 0.5) is 0 Å². The van der Waals surface area contributed by atoms with E-state index in [2.05, 4.69) is 41.5 Å². The van der Waals surface area contributed by atoms with Gasteiger partial charge < -0.3 is 9.47 Å². The van der Waals surface area contributed by atoms with Gasteiger partial charge in [0.1, 0.15) is 0 Å². The van der Waals surface area contributed by atoms with E-state index in [-0.39, 0.29) is 22.8 Å². The first-order valence-electron chi connectivity index (χ1n) is 16.4. The van der Waals surface area contributed by atoms with E-state index >= 15 is 0 Å². The van der Waals surface area contributed by atoms with E-state index < -0.39 is 0 Å². The highest BCUT2D eigenvalue weighted by atomic mass is 16.5. The van der Waals surface area contributed by atoms with Crippen LogP contribution in [0, 0.1) is 10.8 Å². The summed E-state index contributed by atoms with van der Waals surface area (Å²) in [6.07, 6.45) is 25.0. The summed E-state index contributed by atoms with van der Waals surface area (Å²) in [4.78, 5) is 24.2. The third-order valence-corrected chi connectivity index (χ3v) is 7.67. The van der Waals surface area contributed by atoms with E-state index in [0.717, 1.165) is 51.4 Å². The molecule has 0 radical (unpaired) electrons. The molecule has 4 heteroatoms. The number of rotatable bonds is 27. The molecule has 0 unspecified atom stereocenters. The average molecular weight is 539 g/mol. The first-order chi connectivity index (χ1) is 18.1. The van der Waals surface area contributed by atoms with Crippen LogP contribution in [0.3, 0.4) is 0 Å². The van der Waals surface area contributed by atoms with E-state index in [1.807, 2.05) is 0 Å². The van der Waals surface area contributed by atoms with Crippen molar-refractivity contribution < 1.29 is 19.1 Å². The second-order valence-electron chi connectivity index (χ2n) is 13.3. The van der Waals surface area contributed by atoms with Crippen molar-refractivity contribution >= 4 is 11.9 Å². The Hall–Kier alpha value is -1.06. The fourth-order valence-electron chi connectivity index (χ4n) is 4.85. The van der Waals surface area contributed by atoms with Crippen molar-refractivity contribution in [2.45, 2.75) is 183 Å². The molecule has 0 amide bonds. The summed E-state index contributed by atoms with van der Waals surface area (Å²) in [7, 11) is 0. The molecule has 0 heterocycles. The molecule has 0 aromatic carbocycles. The lowest BCUT2D eigenvalue weighted by atomic mass is 9.87. The molecule has 0 aliphatic carbocycles. The zero-order chi connectivity index (χ0) is 28.5. The van der Waals surface area contributed by atoms with Crippen LogP contribution in [0.5, 0.6) is 0 Å². The van der Waals surface area contributed by atoms with Gasteiger partial charge in [0.05, 0.1) is 13.2 Å². The fourth-order valence-corrected chi connectivity index (χ4v) is 4.85. The summed E-state index contributed by atoms with van der Waals surface area (Å²) in [5.74, 6) is -0.105. The van der Waals surface area contributed by atoms with Crippen LogP contribution in [-0.2, 0) is 19.1 Å². The molecule has 0 aromatic heterocycles. The Bertz CT molecular complexity index is 517. The Morgan fingerprint density at radius 1 is 0.447 bits per heavy atom. The van der Waals surface area contributed by atoms with Gasteiger partial charge in [-0.15, -0.1) is 0 Å². The number of ether oxygens (including phenoxy) is 2. The maximum Gasteiger partial charge on any atom is 0.305 e. The van der Waals surface area contributed by atoms with Gasteiger partial charge in [0.2, 0.25) is 0 Å². The van der Waals surface area contributed by atoms with Crippen LogP contribution in [0.2, 0.25) is 0 Å². The second kappa shape index (κ2) is 23.8. The Morgan fingerprint density at radius 2 is 0.737 bits per heavy atom. The monoisotopic (exact) mass is 538 g/mol. The molecule has 0 bridgehead atoms. The van der Waals surface area contributed by atoms with Crippen molar-refractivity contribution in [2.75, 3.05) is 13.2 Å². The molecule has 0 aromatic rings. The zero-order valence-corrected chi connectivity index (χ0v) is 26.6. The van der Waals surface area contributed by atoms with Crippen molar-refractivity contribution in [1.82, 2.24) is 0 Å². The number of hydrogen-bond donors (Lipinski definition) is 0. The van der Waals surface area contributed by atoms with Gasteiger partial charge in [-0.25, -0.2) is 0 Å². The molecule has 0 aliphatic heterocycles. The smallest absolute Gasteiger partial charge is 0.305 e. The zero-order valence-electron chi connectivity index (χ0n) is 26.6. The van der Waals surface area contributed by atoms with Crippen molar-refractivity contribution in [3.05, 3.63) is 0 Å². The summed E-state index contributed by atoms with van der Waals surface area (Å²) >= 11 is 0. The summed E-state index contributed by atoms with van der Waals surface area (Å²) in [5, 5.41) is 0. The molecule has 0 saturated carbocycles. The van der Waals surface area contributed by atoms with Crippen LogP contribution < -0.4 is 0 Å². The van der Waals surface area contributed by atoms with Crippen LogP contribution >= 0.6 is 0 Å². The van der Waals surface area contributed by atoms with E-state index in [0.29, 0.717) is 26.1 Å². The summed E-state index contributed by atoms with van der Waals surface area (Å²) in [6.45, 7) is 14.4. The lowest BCUT2D eigenvalue weighted by Crippen LogP contribution is -2.22. The first kappa shape index (κ1) is 36.9. The Kier molecular flexibility index (Phi) is 23.1. The summed E-state index contributed by atoms with van der Waals surface area (Å²) < 4.78 is 11.1. The highest BCUT2D eigenvalue weighted by Crippen LogP contribution is 2.26. The molecular weight excluding hydrogens is 472 g/mol. The third kappa shape index (κ3) is 25.2. The van der Waals surface area contributed by atoms with Gasteiger partial charge in [-0.1, -0.05) is 144 Å². The minimum absolute atomic E-state index is 0.0526. The lowest BCUT2D eigenvalue weighted by molar-refractivity contribution is -0.147. The molecule has 0 N–H and O–H groups in total. The number of carbonyl (C=O) groups excluding carboxylic acids is 2. The van der Waals surface area contributed by atoms with Crippen LogP contribution in [0.25, 0.3) is 0 Å². The van der Waals surface area contributed by atoms with Crippen LogP contribution in [-0.4, -0.2) is 25.2 Å². The predicted octanol–water partition coefficient (Wildman–Crippen LogP) is 10.7. The first-order valence-corrected chi connectivity index (χ1v) is 16.4.